The van der Waals surface area contributed by atoms with Gasteiger partial charge in [-0.25, -0.2) is 13.2 Å². The number of benzene rings is 2. The van der Waals surface area contributed by atoms with Crippen molar-refractivity contribution < 1.29 is 36.4 Å². The molecule has 0 unspecified atom stereocenters. The third-order valence-corrected chi connectivity index (χ3v) is 2.85. The summed E-state index contributed by atoms with van der Waals surface area (Å²) in [5.74, 6) is -10.8. The molecule has 25 heavy (non-hydrogen) atoms. The molecule has 0 saturated heterocycles. The van der Waals surface area contributed by atoms with Crippen LogP contribution in [0.2, 0.25) is 0 Å². The zero-order valence-electron chi connectivity index (χ0n) is 12.0. The third kappa shape index (κ3) is 4.00. The molecule has 0 bridgehead atoms. The Labute approximate surface area is 136 Å². The number of carbonyl (C=O) groups excluding carboxylic acids is 1. The Balaban J connectivity index is 2.12. The topological polar surface area (TPSA) is 81.5 Å². The Kier molecular flexibility index (Phi) is 5.15. The molecule has 0 aliphatic rings. The molecule has 0 saturated carbocycles. The van der Waals surface area contributed by atoms with Crippen LogP contribution >= 0.6 is 0 Å². The number of nitrogens with one attached hydrogen (secondary N) is 1. The van der Waals surface area contributed by atoms with Gasteiger partial charge in [0, 0.05) is 18.2 Å². The lowest BCUT2D eigenvalue weighted by molar-refractivity contribution is -0.384. The van der Waals surface area contributed by atoms with Gasteiger partial charge in [-0.1, -0.05) is 0 Å². The Morgan fingerprint density at radius 1 is 1.04 bits per heavy atom. The van der Waals surface area contributed by atoms with E-state index in [1.54, 1.807) is 0 Å². The largest absolute Gasteiger partial charge is 0.477 e. The fourth-order valence-corrected chi connectivity index (χ4v) is 1.72. The predicted molar refractivity (Wildman–Crippen MR) is 73.5 cm³/mol. The second-order valence-electron chi connectivity index (χ2n) is 4.56. The van der Waals surface area contributed by atoms with E-state index in [1.807, 2.05) is 5.32 Å². The fourth-order valence-electron chi connectivity index (χ4n) is 1.72. The monoisotopic (exact) mass is 362 g/mol. The first-order chi connectivity index (χ1) is 11.7. The smallest absolute Gasteiger partial charge is 0.271 e. The maximum absolute atomic E-state index is 13.5. The van der Waals surface area contributed by atoms with Crippen molar-refractivity contribution in [1.82, 2.24) is 0 Å². The molecule has 2 aromatic carbocycles. The molecule has 0 aromatic heterocycles. The van der Waals surface area contributed by atoms with E-state index < -0.39 is 63.6 Å². The van der Waals surface area contributed by atoms with E-state index in [2.05, 4.69) is 4.74 Å². The van der Waals surface area contributed by atoms with Crippen LogP contribution in [0.25, 0.3) is 0 Å². The summed E-state index contributed by atoms with van der Waals surface area (Å²) in [7, 11) is 0. The molecule has 132 valence electrons. The Morgan fingerprint density at radius 3 is 2.20 bits per heavy atom. The van der Waals surface area contributed by atoms with E-state index in [0.717, 1.165) is 12.1 Å². The number of hydrogen-bond acceptors (Lipinski definition) is 4. The molecule has 2 aromatic rings. The molecule has 0 aliphatic heterocycles. The highest BCUT2D eigenvalue weighted by atomic mass is 19.2. The van der Waals surface area contributed by atoms with Crippen molar-refractivity contribution in [3.63, 3.8) is 0 Å². The average Bonchev–Trinajstić information content (AvgIpc) is 2.54. The number of nitrogens with zero attached hydrogens (tertiary/aromatic N) is 1. The molecule has 2 rings (SSSR count). The molecule has 1 amide bonds. The maximum atomic E-state index is 13.5. The van der Waals surface area contributed by atoms with Crippen molar-refractivity contribution in [3.8, 4) is 5.75 Å². The summed E-state index contributed by atoms with van der Waals surface area (Å²) in [6.07, 6.45) is 0. The molecule has 0 fully saturated rings. The van der Waals surface area contributed by atoms with E-state index in [1.165, 1.54) is 0 Å². The van der Waals surface area contributed by atoms with Crippen LogP contribution in [0.3, 0.4) is 0 Å². The average molecular weight is 362 g/mol. The Morgan fingerprint density at radius 2 is 1.64 bits per heavy atom. The summed E-state index contributed by atoms with van der Waals surface area (Å²) in [5.41, 5.74) is -1.11. The van der Waals surface area contributed by atoms with Crippen LogP contribution in [0.15, 0.2) is 24.3 Å². The quantitative estimate of drug-likeness (QED) is 0.383. The van der Waals surface area contributed by atoms with Crippen LogP contribution in [0.4, 0.5) is 33.3 Å². The highest BCUT2D eigenvalue weighted by Crippen LogP contribution is 2.26. The molecule has 0 aliphatic carbocycles. The normalized spacial score (nSPS) is 10.4. The number of halogens is 5. The number of nitro benzene ring substituents is 1. The second-order valence-corrected chi connectivity index (χ2v) is 4.56. The second kappa shape index (κ2) is 7.11. The molecule has 6 nitrogen and oxygen atoms in total. The Hall–Kier alpha value is -3.24. The number of nitro groups is 1. The van der Waals surface area contributed by atoms with Gasteiger partial charge in [-0.15, -0.1) is 0 Å². The van der Waals surface area contributed by atoms with Gasteiger partial charge in [-0.3, -0.25) is 14.9 Å². The molecule has 0 heterocycles. The van der Waals surface area contributed by atoms with Crippen molar-refractivity contribution in [2.75, 3.05) is 11.9 Å². The van der Waals surface area contributed by atoms with Crippen molar-refractivity contribution in [1.29, 1.82) is 0 Å². The van der Waals surface area contributed by atoms with E-state index in [9.17, 15) is 36.9 Å². The van der Waals surface area contributed by atoms with Crippen molar-refractivity contribution in [2.24, 2.45) is 0 Å². The highest BCUT2D eigenvalue weighted by Gasteiger charge is 2.22. The first-order valence-electron chi connectivity index (χ1n) is 6.40. The van der Waals surface area contributed by atoms with Gasteiger partial charge < -0.3 is 10.1 Å². The van der Waals surface area contributed by atoms with Gasteiger partial charge in [-0.2, -0.15) is 8.78 Å². The lowest BCUT2D eigenvalue weighted by atomic mass is 10.2. The summed E-state index contributed by atoms with van der Waals surface area (Å²) in [6, 6.07) is 2.23. The fraction of sp³-hybridized carbons (Fsp3) is 0.0714. The van der Waals surface area contributed by atoms with Gasteiger partial charge in [0.2, 0.25) is 11.6 Å². The summed E-state index contributed by atoms with van der Waals surface area (Å²) in [5, 5.41) is 12.5. The van der Waals surface area contributed by atoms with Crippen molar-refractivity contribution in [2.45, 2.75) is 0 Å². The number of amides is 1. The van der Waals surface area contributed by atoms with Crippen molar-refractivity contribution >= 4 is 17.3 Å². The summed E-state index contributed by atoms with van der Waals surface area (Å²) in [6.45, 7) is -1.14. The zero-order chi connectivity index (χ0) is 18.7. The summed E-state index contributed by atoms with van der Waals surface area (Å²) in [4.78, 5) is 21.4. The lowest BCUT2D eigenvalue weighted by Gasteiger charge is -2.10. The van der Waals surface area contributed by atoms with Gasteiger partial charge in [0.15, 0.2) is 24.0 Å². The van der Waals surface area contributed by atoms with Gasteiger partial charge in [0.25, 0.3) is 11.6 Å². The minimum absolute atomic E-state index is 0.0456. The van der Waals surface area contributed by atoms with Crippen LogP contribution in [-0.4, -0.2) is 17.4 Å². The minimum atomic E-state index is -1.85. The standard InChI is InChI=1S/C14H7F5N2O4/c15-7-2-1-6(21(23)24)3-10(7)20-11(22)5-25-14-12(18)8(16)4-9(17)13(14)19/h1-4H,5H2,(H,20,22). The molecule has 0 spiro atoms. The molecule has 0 atom stereocenters. The predicted octanol–water partition coefficient (Wildman–Crippen LogP) is 3.31. The van der Waals surface area contributed by atoms with Gasteiger partial charge >= 0.3 is 0 Å². The lowest BCUT2D eigenvalue weighted by Crippen LogP contribution is -2.22. The number of carbonyl (C=O) groups is 1. The minimum Gasteiger partial charge on any atom is -0.477 e. The van der Waals surface area contributed by atoms with Crippen LogP contribution in [0, 0.1) is 39.2 Å². The first-order valence-corrected chi connectivity index (χ1v) is 6.40. The molecule has 11 heteroatoms. The molecule has 0 radical (unpaired) electrons. The van der Waals surface area contributed by atoms with Crippen LogP contribution in [0.5, 0.6) is 5.75 Å². The number of hydrogen-bond donors (Lipinski definition) is 1. The summed E-state index contributed by atoms with van der Waals surface area (Å²) < 4.78 is 70.6. The van der Waals surface area contributed by atoms with Gasteiger partial charge in [0.1, 0.15) is 5.82 Å². The third-order valence-electron chi connectivity index (χ3n) is 2.85. The molecule has 1 N–H and O–H groups in total. The molecular formula is C14H7F5N2O4. The summed E-state index contributed by atoms with van der Waals surface area (Å²) >= 11 is 0. The highest BCUT2D eigenvalue weighted by molar-refractivity contribution is 5.92. The maximum Gasteiger partial charge on any atom is 0.271 e. The first kappa shape index (κ1) is 18.1. The van der Waals surface area contributed by atoms with E-state index in [0.29, 0.717) is 6.07 Å². The number of non-ortho nitro benzene ring substituents is 1. The van der Waals surface area contributed by atoms with Crippen molar-refractivity contribution in [3.05, 3.63) is 63.5 Å². The van der Waals surface area contributed by atoms with Gasteiger partial charge in [0.05, 0.1) is 10.6 Å². The van der Waals surface area contributed by atoms with Crippen LogP contribution < -0.4 is 10.1 Å². The SMILES string of the molecule is O=C(COc1c(F)c(F)cc(F)c1F)Nc1cc([N+](=O)[O-])ccc1F. The van der Waals surface area contributed by atoms with E-state index in [4.69, 9.17) is 0 Å². The van der Waals surface area contributed by atoms with E-state index in [-0.39, 0.29) is 6.07 Å². The van der Waals surface area contributed by atoms with Crippen LogP contribution in [-0.2, 0) is 4.79 Å². The number of anilines is 1. The van der Waals surface area contributed by atoms with Gasteiger partial charge in [-0.05, 0) is 6.07 Å². The van der Waals surface area contributed by atoms with Crippen LogP contribution in [0.1, 0.15) is 0 Å². The van der Waals surface area contributed by atoms with E-state index >= 15 is 0 Å². The Bertz CT molecular complexity index is 833. The number of ether oxygens (including phenoxy) is 1. The zero-order valence-corrected chi connectivity index (χ0v) is 12.0. The number of rotatable bonds is 5. The molecular weight excluding hydrogens is 355 g/mol.